The molecule has 0 aliphatic heterocycles. The average molecular weight is 294 g/mol. The van der Waals surface area contributed by atoms with E-state index in [1.807, 2.05) is 32.9 Å². The second kappa shape index (κ2) is 7.78. The van der Waals surface area contributed by atoms with Crippen LogP contribution < -0.4 is 11.1 Å². The molecule has 0 aliphatic carbocycles. The topological polar surface area (TPSA) is 64.3 Å². The van der Waals surface area contributed by atoms with Crippen molar-refractivity contribution in [3.05, 3.63) is 41.2 Å². The number of carbonyl (C=O) groups is 1. The molecule has 1 rings (SSSR count). The summed E-state index contributed by atoms with van der Waals surface area (Å²) in [6.07, 6.45) is 4.00. The van der Waals surface area contributed by atoms with E-state index in [-0.39, 0.29) is 12.4 Å². The van der Waals surface area contributed by atoms with Gasteiger partial charge < -0.3 is 15.8 Å². The minimum Gasteiger partial charge on any atom is -0.444 e. The van der Waals surface area contributed by atoms with Gasteiger partial charge in [-0.25, -0.2) is 9.18 Å². The fraction of sp³-hybridized carbons (Fsp3) is 0.438. The first kappa shape index (κ1) is 17.2. The van der Waals surface area contributed by atoms with E-state index in [9.17, 15) is 9.18 Å². The molecule has 116 valence electrons. The Morgan fingerprint density at radius 2 is 2.14 bits per heavy atom. The van der Waals surface area contributed by atoms with Crippen molar-refractivity contribution in [1.82, 2.24) is 5.32 Å². The van der Waals surface area contributed by atoms with Crippen molar-refractivity contribution in [2.45, 2.75) is 39.3 Å². The lowest BCUT2D eigenvalue weighted by atomic mass is 10.1. The highest BCUT2D eigenvalue weighted by Crippen LogP contribution is 2.13. The summed E-state index contributed by atoms with van der Waals surface area (Å²) in [6.45, 7) is 6.21. The molecule has 4 nitrogen and oxygen atoms in total. The number of halogens is 1. The number of nitrogens with one attached hydrogen (secondary N) is 1. The van der Waals surface area contributed by atoms with E-state index in [4.69, 9.17) is 10.5 Å². The Bertz CT molecular complexity index is 507. The van der Waals surface area contributed by atoms with Crippen LogP contribution in [0, 0.1) is 5.82 Å². The van der Waals surface area contributed by atoms with Crippen LogP contribution in [0.3, 0.4) is 0 Å². The van der Waals surface area contributed by atoms with Gasteiger partial charge in [0.05, 0.1) is 0 Å². The molecule has 0 aromatic heterocycles. The van der Waals surface area contributed by atoms with Crippen LogP contribution >= 0.6 is 0 Å². The fourth-order valence-corrected chi connectivity index (χ4v) is 1.70. The molecule has 0 radical (unpaired) electrons. The highest BCUT2D eigenvalue weighted by Gasteiger charge is 2.15. The van der Waals surface area contributed by atoms with Gasteiger partial charge in [0.25, 0.3) is 0 Å². The number of amides is 1. The van der Waals surface area contributed by atoms with Gasteiger partial charge in [0.1, 0.15) is 11.4 Å². The van der Waals surface area contributed by atoms with Crippen LogP contribution in [0.2, 0.25) is 0 Å². The first-order chi connectivity index (χ1) is 9.81. The Kier molecular flexibility index (Phi) is 6.37. The highest BCUT2D eigenvalue weighted by molar-refractivity contribution is 5.67. The zero-order valence-electron chi connectivity index (χ0n) is 12.8. The summed E-state index contributed by atoms with van der Waals surface area (Å²) >= 11 is 0. The molecule has 0 saturated heterocycles. The Morgan fingerprint density at radius 3 is 2.76 bits per heavy atom. The third-order valence-corrected chi connectivity index (χ3v) is 2.60. The molecule has 1 aromatic carbocycles. The highest BCUT2D eigenvalue weighted by atomic mass is 19.1. The van der Waals surface area contributed by atoms with Crippen LogP contribution in [0.25, 0.3) is 6.08 Å². The molecule has 3 N–H and O–H groups in total. The number of carbonyl (C=O) groups excluding carboxylic acids is 1. The van der Waals surface area contributed by atoms with Gasteiger partial charge in [-0.1, -0.05) is 18.2 Å². The predicted molar refractivity (Wildman–Crippen MR) is 82.2 cm³/mol. The second-order valence-electron chi connectivity index (χ2n) is 5.67. The minimum absolute atomic E-state index is 0.285. The largest absolute Gasteiger partial charge is 0.444 e. The van der Waals surface area contributed by atoms with Gasteiger partial charge in [0.2, 0.25) is 0 Å². The summed E-state index contributed by atoms with van der Waals surface area (Å²) in [5.41, 5.74) is 6.72. The summed E-state index contributed by atoms with van der Waals surface area (Å²) in [6, 6.07) is 4.52. The van der Waals surface area contributed by atoms with Gasteiger partial charge in [0, 0.05) is 13.1 Å². The normalized spacial score (nSPS) is 11.7. The lowest BCUT2D eigenvalue weighted by Crippen LogP contribution is -2.32. The zero-order chi connectivity index (χ0) is 15.9. The molecule has 1 amide bonds. The maximum atomic E-state index is 13.1. The fourth-order valence-electron chi connectivity index (χ4n) is 1.70. The van der Waals surface area contributed by atoms with E-state index >= 15 is 0 Å². The number of hydrogen-bond acceptors (Lipinski definition) is 3. The maximum absolute atomic E-state index is 13.1. The van der Waals surface area contributed by atoms with Crippen LogP contribution in [0.4, 0.5) is 9.18 Å². The number of alkyl carbamates (subject to hydrolysis) is 1. The quantitative estimate of drug-likeness (QED) is 0.820. The molecule has 0 spiro atoms. The molecule has 0 saturated carbocycles. The van der Waals surface area contributed by atoms with Crippen molar-refractivity contribution in [2.75, 3.05) is 6.54 Å². The molecule has 1 aromatic rings. The zero-order valence-corrected chi connectivity index (χ0v) is 12.8. The van der Waals surface area contributed by atoms with Crippen LogP contribution in [0.15, 0.2) is 24.3 Å². The van der Waals surface area contributed by atoms with Crippen molar-refractivity contribution in [3.63, 3.8) is 0 Å². The van der Waals surface area contributed by atoms with Crippen molar-refractivity contribution in [2.24, 2.45) is 5.73 Å². The minimum atomic E-state index is -0.496. The molecule has 0 atom stereocenters. The first-order valence-electron chi connectivity index (χ1n) is 6.94. The molecule has 0 heterocycles. The number of benzene rings is 1. The van der Waals surface area contributed by atoms with Gasteiger partial charge in [-0.3, -0.25) is 0 Å². The average Bonchev–Trinajstić information content (AvgIpc) is 2.37. The SMILES string of the molecule is CC(C)(C)OC(=O)NCCC=Cc1ccc(F)cc1CN. The van der Waals surface area contributed by atoms with Gasteiger partial charge in [-0.15, -0.1) is 0 Å². The van der Waals surface area contributed by atoms with E-state index in [1.165, 1.54) is 12.1 Å². The van der Waals surface area contributed by atoms with E-state index in [2.05, 4.69) is 5.32 Å². The third-order valence-electron chi connectivity index (χ3n) is 2.60. The Labute approximate surface area is 125 Å². The monoisotopic (exact) mass is 294 g/mol. The number of hydrogen-bond donors (Lipinski definition) is 2. The molecule has 0 bridgehead atoms. The third kappa shape index (κ3) is 6.90. The van der Waals surface area contributed by atoms with Gasteiger partial charge in [0.15, 0.2) is 0 Å². The summed E-state index contributed by atoms with van der Waals surface area (Å²) in [5.74, 6) is -0.292. The lowest BCUT2D eigenvalue weighted by molar-refractivity contribution is 0.0529. The summed E-state index contributed by atoms with van der Waals surface area (Å²) < 4.78 is 18.2. The van der Waals surface area contributed by atoms with Crippen LogP contribution in [-0.4, -0.2) is 18.2 Å². The molecule has 5 heteroatoms. The van der Waals surface area contributed by atoms with Gasteiger partial charge >= 0.3 is 6.09 Å². The van der Waals surface area contributed by atoms with Gasteiger partial charge in [-0.05, 0) is 50.5 Å². The molecule has 0 fully saturated rings. The van der Waals surface area contributed by atoms with Crippen molar-refractivity contribution >= 4 is 12.2 Å². The van der Waals surface area contributed by atoms with Crippen molar-refractivity contribution in [1.29, 1.82) is 0 Å². The Balaban J connectivity index is 2.41. The summed E-state index contributed by atoms with van der Waals surface area (Å²) in [4.78, 5) is 11.4. The van der Waals surface area contributed by atoms with E-state index < -0.39 is 11.7 Å². The van der Waals surface area contributed by atoms with Gasteiger partial charge in [-0.2, -0.15) is 0 Å². The van der Waals surface area contributed by atoms with E-state index in [1.54, 1.807) is 6.07 Å². The first-order valence-corrected chi connectivity index (χ1v) is 6.94. The van der Waals surface area contributed by atoms with Crippen molar-refractivity contribution < 1.29 is 13.9 Å². The number of rotatable bonds is 5. The van der Waals surface area contributed by atoms with Crippen LogP contribution in [0.5, 0.6) is 0 Å². The maximum Gasteiger partial charge on any atom is 0.407 e. The molecule has 21 heavy (non-hydrogen) atoms. The Morgan fingerprint density at radius 1 is 1.43 bits per heavy atom. The summed E-state index contributed by atoms with van der Waals surface area (Å²) in [5, 5.41) is 2.67. The molecular weight excluding hydrogens is 271 g/mol. The predicted octanol–water partition coefficient (Wildman–Crippen LogP) is 3.21. The van der Waals surface area contributed by atoms with E-state index in [0.717, 1.165) is 11.1 Å². The van der Waals surface area contributed by atoms with Crippen LogP contribution in [-0.2, 0) is 11.3 Å². The second-order valence-corrected chi connectivity index (χ2v) is 5.67. The molecule has 0 aliphatic rings. The standard InChI is InChI=1S/C16H23FN2O2/c1-16(2,3)21-15(20)19-9-5-4-6-12-7-8-14(17)10-13(12)11-18/h4,6-8,10H,5,9,11,18H2,1-3H3,(H,19,20). The van der Waals surface area contributed by atoms with Crippen LogP contribution in [0.1, 0.15) is 38.3 Å². The Hall–Kier alpha value is -1.88. The molecular formula is C16H23FN2O2. The van der Waals surface area contributed by atoms with Crippen molar-refractivity contribution in [3.8, 4) is 0 Å². The smallest absolute Gasteiger partial charge is 0.407 e. The summed E-state index contributed by atoms with van der Waals surface area (Å²) in [7, 11) is 0. The number of nitrogens with two attached hydrogens (primary N) is 1. The number of ether oxygens (including phenoxy) is 1. The van der Waals surface area contributed by atoms with E-state index in [0.29, 0.717) is 13.0 Å². The lowest BCUT2D eigenvalue weighted by Gasteiger charge is -2.19. The molecule has 0 unspecified atom stereocenters.